The number of amides is 1. The number of pyridine rings is 1. The van der Waals surface area contributed by atoms with Gasteiger partial charge >= 0.3 is 6.09 Å². The van der Waals surface area contributed by atoms with Crippen LogP contribution in [0.5, 0.6) is 0 Å². The van der Waals surface area contributed by atoms with Crippen molar-refractivity contribution >= 4 is 28.2 Å². The summed E-state index contributed by atoms with van der Waals surface area (Å²) in [5, 5.41) is 22.8. The third-order valence-corrected chi connectivity index (χ3v) is 4.68. The van der Waals surface area contributed by atoms with Gasteiger partial charge in [-0.2, -0.15) is 10.5 Å². The Labute approximate surface area is 176 Å². The van der Waals surface area contributed by atoms with Crippen LogP contribution in [0.2, 0.25) is 0 Å². The second kappa shape index (κ2) is 8.71. The van der Waals surface area contributed by atoms with Crippen LogP contribution in [0.3, 0.4) is 0 Å². The number of allylic oxidation sites excluding steroid dienone is 1. The summed E-state index contributed by atoms with van der Waals surface area (Å²) >= 11 is 0. The van der Waals surface area contributed by atoms with Gasteiger partial charge in [0.15, 0.2) is 0 Å². The van der Waals surface area contributed by atoms with Gasteiger partial charge in [0.2, 0.25) is 0 Å². The third-order valence-electron chi connectivity index (χ3n) is 4.68. The number of nitrogens with one attached hydrogen (secondary N) is 1. The highest BCUT2D eigenvalue weighted by molar-refractivity contribution is 6.02. The van der Waals surface area contributed by atoms with Crippen LogP contribution in [0.1, 0.15) is 20.8 Å². The second-order valence-electron chi connectivity index (χ2n) is 7.93. The number of nitriles is 2. The van der Waals surface area contributed by atoms with Gasteiger partial charge in [-0.15, -0.1) is 0 Å². The molecule has 2 heterocycles. The van der Waals surface area contributed by atoms with Crippen molar-refractivity contribution in [1.29, 1.82) is 10.5 Å². The number of hydrogen-bond donors (Lipinski definition) is 1. The Kier molecular flexibility index (Phi) is 6.08. The molecule has 8 heteroatoms. The zero-order chi connectivity index (χ0) is 21.7. The molecule has 0 spiro atoms. The molecule has 1 saturated heterocycles. The maximum atomic E-state index is 12.3. The molecule has 0 aliphatic carbocycles. The molecule has 0 atom stereocenters. The van der Waals surface area contributed by atoms with E-state index in [-0.39, 0.29) is 11.7 Å². The molecule has 154 valence electrons. The first-order valence-electron chi connectivity index (χ1n) is 9.69. The van der Waals surface area contributed by atoms with Crippen molar-refractivity contribution in [1.82, 2.24) is 9.88 Å². The number of ether oxygens (including phenoxy) is 1. The van der Waals surface area contributed by atoms with Gasteiger partial charge in [0.05, 0.1) is 0 Å². The van der Waals surface area contributed by atoms with Crippen LogP contribution in [-0.4, -0.2) is 47.8 Å². The molecule has 1 N–H and O–H groups in total. The fourth-order valence-corrected chi connectivity index (χ4v) is 3.27. The zero-order valence-corrected chi connectivity index (χ0v) is 17.3. The molecule has 0 radical (unpaired) electrons. The van der Waals surface area contributed by atoms with E-state index in [2.05, 4.69) is 15.2 Å². The lowest BCUT2D eigenvalue weighted by atomic mass is 10.1. The first kappa shape index (κ1) is 20.9. The second-order valence-corrected chi connectivity index (χ2v) is 7.93. The van der Waals surface area contributed by atoms with Gasteiger partial charge in [0.25, 0.3) is 0 Å². The highest BCUT2D eigenvalue weighted by Crippen LogP contribution is 2.32. The highest BCUT2D eigenvalue weighted by Gasteiger charge is 2.26. The van der Waals surface area contributed by atoms with Crippen molar-refractivity contribution < 1.29 is 9.53 Å². The number of carbonyl (C=O) groups is 1. The van der Waals surface area contributed by atoms with Crippen LogP contribution < -0.4 is 10.2 Å². The average molecular weight is 404 g/mol. The smallest absolute Gasteiger partial charge is 0.410 e. The molecule has 1 aromatic carbocycles. The Bertz CT molecular complexity index is 1030. The Morgan fingerprint density at radius 3 is 2.47 bits per heavy atom. The standard InChI is InChI=1S/C22H24N6O2/c1-22(2,3)30-21(29)28-10-8-27(9-11-28)20-5-4-19(26-14-16(12-23)13-24)18-15-25-7-6-17(18)20/h4-7,14-15,26H,8-11H2,1-3H3. The third kappa shape index (κ3) is 4.79. The molecular weight excluding hydrogens is 380 g/mol. The first-order chi connectivity index (χ1) is 14.3. The van der Waals surface area contributed by atoms with Crippen molar-refractivity contribution in [3.05, 3.63) is 42.4 Å². The Morgan fingerprint density at radius 1 is 1.13 bits per heavy atom. The molecule has 1 aromatic heterocycles. The highest BCUT2D eigenvalue weighted by atomic mass is 16.6. The minimum atomic E-state index is -0.508. The minimum absolute atomic E-state index is 0.00520. The molecule has 8 nitrogen and oxygen atoms in total. The predicted octanol–water partition coefficient (Wildman–Crippen LogP) is 3.63. The minimum Gasteiger partial charge on any atom is -0.444 e. The van der Waals surface area contributed by atoms with Crippen LogP contribution in [0, 0.1) is 22.7 Å². The lowest BCUT2D eigenvalue weighted by Gasteiger charge is -2.37. The average Bonchev–Trinajstić information content (AvgIpc) is 2.73. The van der Waals surface area contributed by atoms with E-state index in [9.17, 15) is 4.79 Å². The molecule has 1 aliphatic rings. The molecule has 3 rings (SSSR count). The summed E-state index contributed by atoms with van der Waals surface area (Å²) in [5.74, 6) is 0. The van der Waals surface area contributed by atoms with Crippen molar-refractivity contribution in [3.63, 3.8) is 0 Å². The molecule has 1 fully saturated rings. The van der Waals surface area contributed by atoms with Crippen LogP contribution in [0.25, 0.3) is 10.8 Å². The van der Waals surface area contributed by atoms with Gasteiger partial charge in [0, 0.05) is 66.9 Å². The largest absolute Gasteiger partial charge is 0.444 e. The Morgan fingerprint density at radius 2 is 1.83 bits per heavy atom. The van der Waals surface area contributed by atoms with Gasteiger partial charge in [0.1, 0.15) is 23.3 Å². The molecule has 0 saturated carbocycles. The van der Waals surface area contributed by atoms with Crippen molar-refractivity contribution in [2.75, 3.05) is 36.4 Å². The lowest BCUT2D eigenvalue weighted by molar-refractivity contribution is 0.0240. The summed E-state index contributed by atoms with van der Waals surface area (Å²) in [4.78, 5) is 20.5. The maximum absolute atomic E-state index is 12.3. The number of benzene rings is 1. The molecular formula is C22H24N6O2. The summed E-state index contributed by atoms with van der Waals surface area (Å²) in [6.45, 7) is 8.13. The van der Waals surface area contributed by atoms with Crippen LogP contribution in [-0.2, 0) is 4.74 Å². The number of carbonyl (C=O) groups excluding carboxylic acids is 1. The van der Waals surface area contributed by atoms with E-state index in [1.165, 1.54) is 6.20 Å². The van der Waals surface area contributed by atoms with E-state index < -0.39 is 5.60 Å². The van der Waals surface area contributed by atoms with E-state index in [4.69, 9.17) is 15.3 Å². The lowest BCUT2D eigenvalue weighted by Crippen LogP contribution is -2.50. The summed E-state index contributed by atoms with van der Waals surface area (Å²) in [6.07, 6.45) is 4.59. The number of hydrogen-bond acceptors (Lipinski definition) is 7. The summed E-state index contributed by atoms with van der Waals surface area (Å²) < 4.78 is 5.47. The number of anilines is 2. The normalized spacial score (nSPS) is 13.9. The van der Waals surface area contributed by atoms with Gasteiger partial charge in [-0.05, 0) is 39.0 Å². The Hall–Kier alpha value is -3.78. The monoisotopic (exact) mass is 404 g/mol. The SMILES string of the molecule is CC(C)(C)OC(=O)N1CCN(c2ccc(NC=C(C#N)C#N)c3cnccc23)CC1. The first-order valence-corrected chi connectivity index (χ1v) is 9.69. The zero-order valence-electron chi connectivity index (χ0n) is 17.3. The maximum Gasteiger partial charge on any atom is 0.410 e. The van der Waals surface area contributed by atoms with Gasteiger partial charge in [-0.3, -0.25) is 4.98 Å². The molecule has 1 amide bonds. The molecule has 2 aromatic rings. The van der Waals surface area contributed by atoms with E-state index in [0.29, 0.717) is 26.2 Å². The van der Waals surface area contributed by atoms with Crippen molar-refractivity contribution in [2.24, 2.45) is 0 Å². The van der Waals surface area contributed by atoms with E-state index >= 15 is 0 Å². The topological polar surface area (TPSA) is 105 Å². The van der Waals surface area contributed by atoms with Gasteiger partial charge in [-0.1, -0.05) is 0 Å². The van der Waals surface area contributed by atoms with Gasteiger partial charge < -0.3 is 19.9 Å². The summed E-state index contributed by atoms with van der Waals surface area (Å²) in [5.41, 5.74) is 1.30. The summed E-state index contributed by atoms with van der Waals surface area (Å²) in [6, 6.07) is 9.51. The van der Waals surface area contributed by atoms with E-state index in [1.807, 2.05) is 51.1 Å². The molecule has 1 aliphatic heterocycles. The Balaban J connectivity index is 1.79. The van der Waals surface area contributed by atoms with Crippen LogP contribution in [0.15, 0.2) is 42.4 Å². The van der Waals surface area contributed by atoms with E-state index in [1.54, 1.807) is 17.3 Å². The number of aromatic nitrogens is 1. The molecule has 0 bridgehead atoms. The number of rotatable bonds is 3. The number of nitrogens with zero attached hydrogens (tertiary/aromatic N) is 5. The van der Waals surface area contributed by atoms with Crippen molar-refractivity contribution in [2.45, 2.75) is 26.4 Å². The number of fused-ring (bicyclic) bond motifs is 1. The summed E-state index contributed by atoms with van der Waals surface area (Å²) in [7, 11) is 0. The fraction of sp³-hybridized carbons (Fsp3) is 0.364. The van der Waals surface area contributed by atoms with Crippen LogP contribution >= 0.6 is 0 Å². The molecule has 0 unspecified atom stereocenters. The predicted molar refractivity (Wildman–Crippen MR) is 115 cm³/mol. The fourth-order valence-electron chi connectivity index (χ4n) is 3.27. The van der Waals surface area contributed by atoms with Crippen LogP contribution in [0.4, 0.5) is 16.2 Å². The quantitative estimate of drug-likeness (QED) is 0.779. The molecule has 30 heavy (non-hydrogen) atoms. The number of piperazine rings is 1. The van der Waals surface area contributed by atoms with E-state index in [0.717, 1.165) is 22.1 Å². The van der Waals surface area contributed by atoms with Crippen molar-refractivity contribution in [3.8, 4) is 12.1 Å². The van der Waals surface area contributed by atoms with Gasteiger partial charge in [-0.25, -0.2) is 4.79 Å².